The van der Waals surface area contributed by atoms with Crippen LogP contribution in [0.2, 0.25) is 0 Å². The predicted molar refractivity (Wildman–Crippen MR) is 85.0 cm³/mol. The molecule has 0 aliphatic carbocycles. The molecule has 0 aromatic carbocycles. The van der Waals surface area contributed by atoms with Gasteiger partial charge in [0.25, 0.3) is 0 Å². The van der Waals surface area contributed by atoms with Crippen molar-refractivity contribution >= 4 is 5.78 Å². The van der Waals surface area contributed by atoms with Crippen molar-refractivity contribution in [2.24, 2.45) is 5.84 Å². The summed E-state index contributed by atoms with van der Waals surface area (Å²) in [4.78, 5) is 9.81. The number of hydrogen-bond donors (Lipinski definition) is 2. The van der Waals surface area contributed by atoms with E-state index in [1.807, 2.05) is 6.92 Å². The highest BCUT2D eigenvalue weighted by molar-refractivity contribution is 5.74. The van der Waals surface area contributed by atoms with Crippen LogP contribution in [0.4, 0.5) is 0 Å². The lowest BCUT2D eigenvalue weighted by Gasteiger charge is -2.01. The predicted octanol–water partition coefficient (Wildman–Crippen LogP) is 4.36. The lowest BCUT2D eigenvalue weighted by molar-refractivity contribution is -0.116. The number of nitrogens with one attached hydrogen (secondary N) is 1. The summed E-state index contributed by atoms with van der Waals surface area (Å²) in [7, 11) is 0. The maximum absolute atomic E-state index is 9.81. The summed E-state index contributed by atoms with van der Waals surface area (Å²) in [5, 5.41) is 0. The van der Waals surface area contributed by atoms with E-state index >= 15 is 0 Å². The van der Waals surface area contributed by atoms with E-state index in [0.717, 1.165) is 6.54 Å². The van der Waals surface area contributed by atoms with Gasteiger partial charge in [-0.1, -0.05) is 71.6 Å². The number of ketones is 1. The third-order valence-electron chi connectivity index (χ3n) is 3.17. The number of carbonyl (C=O) groups is 1. The molecule has 0 aliphatic rings. The molecule has 0 bridgehead atoms. The summed E-state index contributed by atoms with van der Waals surface area (Å²) < 4.78 is 0. The van der Waals surface area contributed by atoms with Crippen LogP contribution in [0.25, 0.3) is 0 Å². The minimum atomic E-state index is 0.255. The number of nitrogens with two attached hydrogens (primary N) is 1. The Morgan fingerprint density at radius 1 is 0.842 bits per heavy atom. The second-order valence-electron chi connectivity index (χ2n) is 5.19. The SMILES string of the molecule is CCC(C)=O.CCCCCCCCCCCCNN. The molecule has 0 fully saturated rings. The molecular formula is C16H36N2O. The van der Waals surface area contributed by atoms with Crippen molar-refractivity contribution in [1.82, 2.24) is 5.43 Å². The third kappa shape index (κ3) is 27.0. The molecule has 0 aliphatic heterocycles. The first-order valence-electron chi connectivity index (χ1n) is 8.11. The Morgan fingerprint density at radius 3 is 1.53 bits per heavy atom. The molecule has 0 saturated heterocycles. The highest BCUT2D eigenvalue weighted by Gasteiger charge is 1.91. The van der Waals surface area contributed by atoms with Crippen LogP contribution in [0.5, 0.6) is 0 Å². The fourth-order valence-electron chi connectivity index (χ4n) is 1.71. The Bertz CT molecular complexity index is 160. The lowest BCUT2D eigenvalue weighted by atomic mass is 10.1. The fourth-order valence-corrected chi connectivity index (χ4v) is 1.71. The Morgan fingerprint density at radius 2 is 1.21 bits per heavy atom. The molecule has 0 spiro atoms. The van der Waals surface area contributed by atoms with E-state index in [0.29, 0.717) is 6.42 Å². The van der Waals surface area contributed by atoms with E-state index in [1.165, 1.54) is 64.2 Å². The highest BCUT2D eigenvalue weighted by atomic mass is 16.1. The molecule has 0 aromatic rings. The fraction of sp³-hybridized carbons (Fsp3) is 0.938. The number of Topliss-reactive ketones (excluding diaryl/α,β-unsaturated/α-hetero) is 1. The molecule has 3 heteroatoms. The van der Waals surface area contributed by atoms with Crippen molar-refractivity contribution in [3.8, 4) is 0 Å². The molecule has 0 radical (unpaired) electrons. The topological polar surface area (TPSA) is 55.1 Å². The average Bonchev–Trinajstić information content (AvgIpc) is 2.41. The largest absolute Gasteiger partial charge is 0.300 e. The molecule has 0 amide bonds. The second-order valence-corrected chi connectivity index (χ2v) is 5.19. The van der Waals surface area contributed by atoms with Gasteiger partial charge in [0.15, 0.2) is 0 Å². The van der Waals surface area contributed by atoms with Gasteiger partial charge in [-0.25, -0.2) is 0 Å². The van der Waals surface area contributed by atoms with Crippen molar-refractivity contribution in [2.75, 3.05) is 6.54 Å². The van der Waals surface area contributed by atoms with Crippen LogP contribution >= 0.6 is 0 Å². The summed E-state index contributed by atoms with van der Waals surface area (Å²) in [5.41, 5.74) is 2.69. The molecule has 116 valence electrons. The number of hydrazine groups is 1. The van der Waals surface area contributed by atoms with E-state index in [1.54, 1.807) is 6.92 Å². The Labute approximate surface area is 120 Å². The van der Waals surface area contributed by atoms with Gasteiger partial charge in [0.2, 0.25) is 0 Å². The summed E-state index contributed by atoms with van der Waals surface area (Å²) in [6.07, 6.45) is 14.5. The molecule has 0 aromatic heterocycles. The van der Waals surface area contributed by atoms with E-state index in [2.05, 4.69) is 12.3 Å². The number of rotatable bonds is 12. The van der Waals surface area contributed by atoms with Crippen molar-refractivity contribution in [3.05, 3.63) is 0 Å². The van der Waals surface area contributed by atoms with Gasteiger partial charge < -0.3 is 4.79 Å². The quantitative estimate of drug-likeness (QED) is 0.315. The number of unbranched alkanes of at least 4 members (excludes halogenated alkanes) is 9. The maximum Gasteiger partial charge on any atom is 0.129 e. The summed E-state index contributed by atoms with van der Waals surface area (Å²) >= 11 is 0. The highest BCUT2D eigenvalue weighted by Crippen LogP contribution is 2.09. The normalized spacial score (nSPS) is 9.89. The Kier molecular flexibility index (Phi) is 21.9. The molecule has 0 rings (SSSR count). The Hall–Kier alpha value is -0.410. The van der Waals surface area contributed by atoms with Gasteiger partial charge in [0.05, 0.1) is 0 Å². The molecule has 19 heavy (non-hydrogen) atoms. The minimum Gasteiger partial charge on any atom is -0.300 e. The van der Waals surface area contributed by atoms with Crippen LogP contribution in [0.3, 0.4) is 0 Å². The minimum absolute atomic E-state index is 0.255. The first kappa shape index (κ1) is 20.9. The zero-order valence-electron chi connectivity index (χ0n) is 13.5. The average molecular weight is 272 g/mol. The zero-order valence-corrected chi connectivity index (χ0v) is 13.5. The van der Waals surface area contributed by atoms with Crippen LogP contribution in [0, 0.1) is 0 Å². The first-order valence-corrected chi connectivity index (χ1v) is 8.11. The van der Waals surface area contributed by atoms with Gasteiger partial charge in [-0.05, 0) is 13.3 Å². The summed E-state index contributed by atoms with van der Waals surface area (Å²) in [5.74, 6) is 5.44. The van der Waals surface area contributed by atoms with Gasteiger partial charge in [-0.3, -0.25) is 11.3 Å². The molecule has 0 atom stereocenters. The van der Waals surface area contributed by atoms with Crippen LogP contribution in [-0.2, 0) is 4.79 Å². The zero-order chi connectivity index (χ0) is 14.8. The number of hydrogen-bond acceptors (Lipinski definition) is 3. The standard InChI is InChI=1S/C12H28N2.C4H8O/c1-2-3-4-5-6-7-8-9-10-11-12-14-13;1-3-4(2)5/h14H,2-13H2,1H3;3H2,1-2H3. The lowest BCUT2D eigenvalue weighted by Crippen LogP contribution is -2.22. The maximum atomic E-state index is 9.81. The van der Waals surface area contributed by atoms with E-state index in [-0.39, 0.29) is 5.78 Å². The molecule has 3 N–H and O–H groups in total. The van der Waals surface area contributed by atoms with Crippen molar-refractivity contribution in [2.45, 2.75) is 91.4 Å². The van der Waals surface area contributed by atoms with Gasteiger partial charge in [-0.15, -0.1) is 0 Å². The smallest absolute Gasteiger partial charge is 0.129 e. The van der Waals surface area contributed by atoms with Crippen LogP contribution in [0.15, 0.2) is 0 Å². The molecule has 3 nitrogen and oxygen atoms in total. The van der Waals surface area contributed by atoms with Crippen LogP contribution in [-0.4, -0.2) is 12.3 Å². The molecule has 0 unspecified atom stereocenters. The van der Waals surface area contributed by atoms with Crippen LogP contribution < -0.4 is 11.3 Å². The second kappa shape index (κ2) is 19.9. The van der Waals surface area contributed by atoms with Crippen molar-refractivity contribution < 1.29 is 4.79 Å². The van der Waals surface area contributed by atoms with Gasteiger partial charge in [0.1, 0.15) is 5.78 Å². The van der Waals surface area contributed by atoms with Gasteiger partial charge in [0, 0.05) is 13.0 Å². The van der Waals surface area contributed by atoms with Crippen molar-refractivity contribution in [1.29, 1.82) is 0 Å². The molecular weight excluding hydrogens is 236 g/mol. The van der Waals surface area contributed by atoms with E-state index in [4.69, 9.17) is 5.84 Å². The van der Waals surface area contributed by atoms with Crippen molar-refractivity contribution in [3.63, 3.8) is 0 Å². The third-order valence-corrected chi connectivity index (χ3v) is 3.17. The summed E-state index contributed by atoms with van der Waals surface area (Å²) in [6.45, 7) is 6.67. The molecule has 0 saturated carbocycles. The molecule has 0 heterocycles. The van der Waals surface area contributed by atoms with Gasteiger partial charge in [-0.2, -0.15) is 0 Å². The first-order chi connectivity index (χ1) is 9.18. The van der Waals surface area contributed by atoms with E-state index in [9.17, 15) is 4.79 Å². The monoisotopic (exact) mass is 272 g/mol. The van der Waals surface area contributed by atoms with E-state index < -0.39 is 0 Å². The van der Waals surface area contributed by atoms with Gasteiger partial charge >= 0.3 is 0 Å². The summed E-state index contributed by atoms with van der Waals surface area (Å²) in [6, 6.07) is 0. The Balaban J connectivity index is 0. The van der Waals surface area contributed by atoms with Crippen LogP contribution in [0.1, 0.15) is 91.4 Å². The number of carbonyl (C=O) groups excluding carboxylic acids is 1.